The topological polar surface area (TPSA) is 83.3 Å². The SMILES string of the molecule is CN1CCN(c2cnc3c(C4CCN(C(=O)c5ccn(C)n5)CC4)ncnc3c2)CC1. The van der Waals surface area contributed by atoms with Gasteiger partial charge in [0.05, 0.1) is 23.1 Å². The van der Waals surface area contributed by atoms with E-state index in [1.165, 1.54) is 0 Å². The van der Waals surface area contributed by atoms with E-state index >= 15 is 0 Å². The van der Waals surface area contributed by atoms with E-state index in [1.807, 2.05) is 18.1 Å². The van der Waals surface area contributed by atoms with Crippen LogP contribution in [-0.4, -0.2) is 86.8 Å². The monoisotopic (exact) mass is 420 g/mol. The number of likely N-dealkylation sites (N-methyl/N-ethyl adjacent to an activating group) is 1. The number of fused-ring (bicyclic) bond motifs is 1. The molecule has 162 valence electrons. The van der Waals surface area contributed by atoms with Gasteiger partial charge in [0, 0.05) is 58.4 Å². The van der Waals surface area contributed by atoms with Crippen LogP contribution in [0.4, 0.5) is 5.69 Å². The van der Waals surface area contributed by atoms with Gasteiger partial charge in [-0.15, -0.1) is 0 Å². The van der Waals surface area contributed by atoms with Gasteiger partial charge in [-0.25, -0.2) is 9.97 Å². The fraction of sp³-hybridized carbons (Fsp3) is 0.500. The van der Waals surface area contributed by atoms with Crippen LogP contribution in [-0.2, 0) is 7.05 Å². The quantitative estimate of drug-likeness (QED) is 0.635. The highest BCUT2D eigenvalue weighted by atomic mass is 16.2. The molecular formula is C22H28N8O. The van der Waals surface area contributed by atoms with E-state index in [-0.39, 0.29) is 11.8 Å². The van der Waals surface area contributed by atoms with E-state index in [2.05, 4.69) is 38.0 Å². The Balaban J connectivity index is 1.31. The van der Waals surface area contributed by atoms with Crippen molar-refractivity contribution < 1.29 is 4.79 Å². The lowest BCUT2D eigenvalue weighted by molar-refractivity contribution is 0.0705. The van der Waals surface area contributed by atoms with Gasteiger partial charge in [-0.05, 0) is 32.0 Å². The molecule has 5 heterocycles. The predicted molar refractivity (Wildman–Crippen MR) is 118 cm³/mol. The van der Waals surface area contributed by atoms with Crippen molar-refractivity contribution in [3.8, 4) is 0 Å². The van der Waals surface area contributed by atoms with Crippen molar-refractivity contribution in [1.29, 1.82) is 0 Å². The summed E-state index contributed by atoms with van der Waals surface area (Å²) in [5, 5.41) is 4.24. The minimum atomic E-state index is 0.00142. The lowest BCUT2D eigenvalue weighted by Gasteiger charge is -2.34. The Morgan fingerprint density at radius 3 is 2.48 bits per heavy atom. The molecule has 0 atom stereocenters. The molecule has 3 aromatic heterocycles. The molecule has 3 aromatic rings. The number of carbonyl (C=O) groups is 1. The molecule has 2 aliphatic heterocycles. The van der Waals surface area contributed by atoms with E-state index in [9.17, 15) is 4.79 Å². The van der Waals surface area contributed by atoms with E-state index in [4.69, 9.17) is 4.98 Å². The number of piperazine rings is 1. The van der Waals surface area contributed by atoms with Gasteiger partial charge in [-0.2, -0.15) is 5.10 Å². The number of carbonyl (C=O) groups excluding carboxylic acids is 1. The number of piperidine rings is 1. The normalized spacial score (nSPS) is 18.6. The second kappa shape index (κ2) is 8.22. The minimum absolute atomic E-state index is 0.00142. The van der Waals surface area contributed by atoms with Crippen LogP contribution in [0.5, 0.6) is 0 Å². The van der Waals surface area contributed by atoms with Crippen molar-refractivity contribution in [3.05, 3.63) is 42.2 Å². The van der Waals surface area contributed by atoms with Gasteiger partial charge < -0.3 is 14.7 Å². The molecule has 0 spiro atoms. The van der Waals surface area contributed by atoms with Crippen molar-refractivity contribution >= 4 is 22.6 Å². The first kappa shape index (κ1) is 19.9. The smallest absolute Gasteiger partial charge is 0.274 e. The number of amides is 1. The maximum atomic E-state index is 12.7. The van der Waals surface area contributed by atoms with Gasteiger partial charge in [-0.3, -0.25) is 14.5 Å². The molecule has 9 nitrogen and oxygen atoms in total. The largest absolute Gasteiger partial charge is 0.368 e. The number of aryl methyl sites for hydroxylation is 1. The Kier molecular flexibility index (Phi) is 5.27. The van der Waals surface area contributed by atoms with E-state index in [0.717, 1.165) is 61.4 Å². The fourth-order valence-corrected chi connectivity index (χ4v) is 4.54. The third kappa shape index (κ3) is 3.97. The number of likely N-dealkylation sites (tertiary alicyclic amines) is 1. The summed E-state index contributed by atoms with van der Waals surface area (Å²) in [7, 11) is 3.98. The first-order valence-corrected chi connectivity index (χ1v) is 10.9. The van der Waals surface area contributed by atoms with Crippen LogP contribution in [0, 0.1) is 0 Å². The van der Waals surface area contributed by atoms with Gasteiger partial charge in [-0.1, -0.05) is 0 Å². The summed E-state index contributed by atoms with van der Waals surface area (Å²) in [5.41, 5.74) is 4.41. The van der Waals surface area contributed by atoms with Gasteiger partial charge in [0.25, 0.3) is 5.91 Å². The zero-order valence-corrected chi connectivity index (χ0v) is 18.1. The van der Waals surface area contributed by atoms with Crippen molar-refractivity contribution in [3.63, 3.8) is 0 Å². The molecule has 0 bridgehead atoms. The molecule has 0 aliphatic carbocycles. The summed E-state index contributed by atoms with van der Waals surface area (Å²) in [6, 6.07) is 3.91. The highest BCUT2D eigenvalue weighted by Gasteiger charge is 2.28. The van der Waals surface area contributed by atoms with Crippen molar-refractivity contribution in [2.45, 2.75) is 18.8 Å². The molecule has 0 radical (unpaired) electrons. The average Bonchev–Trinajstić information content (AvgIpc) is 3.25. The van der Waals surface area contributed by atoms with Gasteiger partial charge in [0.2, 0.25) is 0 Å². The highest BCUT2D eigenvalue weighted by Crippen LogP contribution is 2.31. The summed E-state index contributed by atoms with van der Waals surface area (Å²) in [6.07, 6.45) is 7.15. The molecule has 2 fully saturated rings. The highest BCUT2D eigenvalue weighted by molar-refractivity contribution is 5.92. The summed E-state index contributed by atoms with van der Waals surface area (Å²) in [6.45, 7) is 5.52. The number of anilines is 1. The Morgan fingerprint density at radius 1 is 1.00 bits per heavy atom. The van der Waals surface area contributed by atoms with E-state index in [0.29, 0.717) is 18.8 Å². The summed E-state index contributed by atoms with van der Waals surface area (Å²) >= 11 is 0. The Hall–Kier alpha value is -3.07. The van der Waals surface area contributed by atoms with Crippen molar-refractivity contribution in [2.24, 2.45) is 7.05 Å². The van der Waals surface area contributed by atoms with Crippen molar-refractivity contribution in [1.82, 2.24) is 34.5 Å². The number of hydrogen-bond acceptors (Lipinski definition) is 7. The Labute approximate surface area is 181 Å². The van der Waals surface area contributed by atoms with Crippen LogP contribution in [0.25, 0.3) is 11.0 Å². The molecule has 9 heteroatoms. The molecule has 2 saturated heterocycles. The third-order valence-corrected chi connectivity index (χ3v) is 6.46. The molecule has 0 saturated carbocycles. The van der Waals surface area contributed by atoms with Crippen LogP contribution in [0.3, 0.4) is 0 Å². The van der Waals surface area contributed by atoms with Crippen LogP contribution in [0.2, 0.25) is 0 Å². The lowest BCUT2D eigenvalue weighted by atomic mass is 9.92. The number of nitrogens with zero attached hydrogens (tertiary/aromatic N) is 8. The van der Waals surface area contributed by atoms with Gasteiger partial charge in [0.1, 0.15) is 17.5 Å². The number of aromatic nitrogens is 5. The Bertz CT molecular complexity index is 1080. The van der Waals surface area contributed by atoms with Crippen LogP contribution >= 0.6 is 0 Å². The van der Waals surface area contributed by atoms with Crippen LogP contribution in [0.1, 0.15) is 34.9 Å². The zero-order valence-electron chi connectivity index (χ0n) is 18.1. The van der Waals surface area contributed by atoms with Gasteiger partial charge >= 0.3 is 0 Å². The molecule has 0 N–H and O–H groups in total. The van der Waals surface area contributed by atoms with E-state index < -0.39 is 0 Å². The molecule has 31 heavy (non-hydrogen) atoms. The van der Waals surface area contributed by atoms with Crippen LogP contribution in [0.15, 0.2) is 30.9 Å². The molecule has 2 aliphatic rings. The fourth-order valence-electron chi connectivity index (χ4n) is 4.54. The molecule has 5 rings (SSSR count). The summed E-state index contributed by atoms with van der Waals surface area (Å²) < 4.78 is 1.66. The average molecular weight is 421 g/mol. The zero-order chi connectivity index (χ0) is 21.4. The van der Waals surface area contributed by atoms with Gasteiger partial charge in [0.15, 0.2) is 0 Å². The summed E-state index contributed by atoms with van der Waals surface area (Å²) in [4.78, 5) is 33.2. The number of rotatable bonds is 3. The second-order valence-electron chi connectivity index (χ2n) is 8.55. The maximum absolute atomic E-state index is 12.7. The predicted octanol–water partition coefficient (Wildman–Crippen LogP) is 1.53. The number of pyridine rings is 1. The third-order valence-electron chi connectivity index (χ3n) is 6.46. The first-order valence-electron chi connectivity index (χ1n) is 10.9. The maximum Gasteiger partial charge on any atom is 0.274 e. The molecular weight excluding hydrogens is 392 g/mol. The molecule has 0 unspecified atom stereocenters. The van der Waals surface area contributed by atoms with Crippen LogP contribution < -0.4 is 4.90 Å². The number of hydrogen-bond donors (Lipinski definition) is 0. The molecule has 1 amide bonds. The molecule has 0 aromatic carbocycles. The van der Waals surface area contributed by atoms with Crippen molar-refractivity contribution in [2.75, 3.05) is 51.2 Å². The summed E-state index contributed by atoms with van der Waals surface area (Å²) in [5.74, 6) is 0.279. The first-order chi connectivity index (χ1) is 15.1. The van der Waals surface area contributed by atoms with E-state index in [1.54, 1.807) is 23.3 Å². The minimum Gasteiger partial charge on any atom is -0.368 e. The second-order valence-corrected chi connectivity index (χ2v) is 8.55. The standard InChI is InChI=1S/C22H28N8O/c1-27-9-11-29(12-10-27)17-13-19-21(23-14-17)20(25-15-24-19)16-3-7-30(8-4-16)22(31)18-5-6-28(2)26-18/h5-6,13-16H,3-4,7-12H2,1-2H3. The Morgan fingerprint density at radius 2 is 1.77 bits per heavy atom. The lowest BCUT2D eigenvalue weighted by Crippen LogP contribution is -2.44.